The van der Waals surface area contributed by atoms with Crippen molar-refractivity contribution < 1.29 is 14.6 Å². The van der Waals surface area contributed by atoms with Crippen LogP contribution >= 0.6 is 0 Å². The molecule has 4 heteroatoms. The van der Waals surface area contributed by atoms with E-state index in [9.17, 15) is 5.11 Å². The number of benzene rings is 2. The van der Waals surface area contributed by atoms with Crippen LogP contribution in [-0.4, -0.2) is 37.5 Å². The first-order valence-corrected chi connectivity index (χ1v) is 7.50. The maximum Gasteiger partial charge on any atom is 0.127 e. The predicted octanol–water partition coefficient (Wildman–Crippen LogP) is 2.21. The first-order valence-electron chi connectivity index (χ1n) is 7.50. The van der Waals surface area contributed by atoms with Crippen LogP contribution in [0.1, 0.15) is 5.56 Å². The summed E-state index contributed by atoms with van der Waals surface area (Å²) in [6.07, 6.45) is -0.565. The largest absolute Gasteiger partial charge is 0.496 e. The van der Waals surface area contributed by atoms with Crippen molar-refractivity contribution in [3.8, 4) is 16.9 Å². The quantitative estimate of drug-likeness (QED) is 0.889. The third kappa shape index (κ3) is 3.30. The molecule has 0 bridgehead atoms. The van der Waals surface area contributed by atoms with Gasteiger partial charge in [-0.05, 0) is 17.2 Å². The van der Waals surface area contributed by atoms with Crippen molar-refractivity contribution in [2.45, 2.75) is 18.8 Å². The third-order valence-electron chi connectivity index (χ3n) is 3.94. The zero-order valence-corrected chi connectivity index (χ0v) is 12.7. The maximum absolute atomic E-state index is 9.75. The molecule has 0 radical (unpaired) electrons. The van der Waals surface area contributed by atoms with Gasteiger partial charge in [0.25, 0.3) is 0 Å². The highest BCUT2D eigenvalue weighted by Gasteiger charge is 2.25. The van der Waals surface area contributed by atoms with Gasteiger partial charge in [-0.3, -0.25) is 0 Å². The maximum atomic E-state index is 9.75. The Kier molecular flexibility index (Phi) is 4.73. The van der Waals surface area contributed by atoms with Gasteiger partial charge in [0.15, 0.2) is 0 Å². The fraction of sp³-hybridized carbons (Fsp3) is 0.333. The minimum Gasteiger partial charge on any atom is -0.496 e. The molecule has 1 saturated heterocycles. The smallest absolute Gasteiger partial charge is 0.127 e. The molecule has 1 aliphatic rings. The van der Waals surface area contributed by atoms with Crippen molar-refractivity contribution in [3.05, 3.63) is 54.1 Å². The molecular weight excluding hydrogens is 278 g/mol. The molecule has 1 heterocycles. The molecule has 0 aliphatic carbocycles. The van der Waals surface area contributed by atoms with E-state index < -0.39 is 6.10 Å². The van der Waals surface area contributed by atoms with E-state index in [-0.39, 0.29) is 6.10 Å². The van der Waals surface area contributed by atoms with E-state index in [0.717, 1.165) is 22.4 Å². The zero-order chi connectivity index (χ0) is 15.4. The second-order valence-corrected chi connectivity index (χ2v) is 5.48. The molecule has 0 aromatic heterocycles. The second kappa shape index (κ2) is 6.92. The molecule has 2 N–H and O–H groups in total. The topological polar surface area (TPSA) is 50.7 Å². The van der Waals surface area contributed by atoms with Crippen molar-refractivity contribution in [3.63, 3.8) is 0 Å². The molecule has 0 amide bonds. The number of ether oxygens (including phenoxy) is 2. The Hall–Kier alpha value is -1.88. The first-order chi connectivity index (χ1) is 10.8. The Labute approximate surface area is 130 Å². The van der Waals surface area contributed by atoms with Gasteiger partial charge < -0.3 is 19.9 Å². The highest BCUT2D eigenvalue weighted by molar-refractivity contribution is 5.70. The molecule has 0 spiro atoms. The molecule has 1 fully saturated rings. The lowest BCUT2D eigenvalue weighted by molar-refractivity contribution is -0.0169. The summed E-state index contributed by atoms with van der Waals surface area (Å²) in [4.78, 5) is 0. The number of aliphatic hydroxyl groups is 1. The Morgan fingerprint density at radius 2 is 1.95 bits per heavy atom. The summed E-state index contributed by atoms with van der Waals surface area (Å²) in [5.41, 5.74) is 3.23. The molecular formula is C18H21NO3. The predicted molar refractivity (Wildman–Crippen MR) is 85.9 cm³/mol. The molecule has 4 nitrogen and oxygen atoms in total. The van der Waals surface area contributed by atoms with Crippen LogP contribution in [0.25, 0.3) is 11.1 Å². The van der Waals surface area contributed by atoms with Crippen LogP contribution in [0.2, 0.25) is 0 Å². The summed E-state index contributed by atoms with van der Waals surface area (Å²) in [7, 11) is 1.68. The van der Waals surface area contributed by atoms with Crippen LogP contribution in [-0.2, 0) is 11.3 Å². The average Bonchev–Trinajstić information content (AvgIpc) is 2.98. The summed E-state index contributed by atoms with van der Waals surface area (Å²) in [5.74, 6) is 0.831. The van der Waals surface area contributed by atoms with Gasteiger partial charge in [-0.2, -0.15) is 0 Å². The standard InChI is InChI=1S/C18H21NO3/c1-21-17-9-13(12-22-18-11-19-10-16(18)20)7-8-15(17)14-5-3-2-4-6-14/h2-9,16,18-20H,10-12H2,1H3/t16-,18-/m0/s1. The minimum absolute atomic E-state index is 0.139. The van der Waals surface area contributed by atoms with E-state index in [1.54, 1.807) is 7.11 Å². The normalized spacial score (nSPS) is 21.0. The van der Waals surface area contributed by atoms with E-state index in [1.807, 2.05) is 30.3 Å². The van der Waals surface area contributed by atoms with Crippen LogP contribution in [0.3, 0.4) is 0 Å². The number of β-amino-alcohol motifs (C(OH)–C–C–N with tert-alkyl or cyclic N) is 1. The summed E-state index contributed by atoms with van der Waals surface area (Å²) in [6.45, 7) is 1.76. The van der Waals surface area contributed by atoms with Gasteiger partial charge in [0, 0.05) is 18.7 Å². The Morgan fingerprint density at radius 3 is 2.64 bits per heavy atom. The lowest BCUT2D eigenvalue weighted by atomic mass is 10.0. The number of hydrogen-bond acceptors (Lipinski definition) is 4. The lowest BCUT2D eigenvalue weighted by Gasteiger charge is -2.16. The van der Waals surface area contributed by atoms with E-state index in [1.165, 1.54) is 0 Å². The summed E-state index contributed by atoms with van der Waals surface area (Å²) >= 11 is 0. The molecule has 0 saturated carbocycles. The highest BCUT2D eigenvalue weighted by Crippen LogP contribution is 2.31. The molecule has 22 heavy (non-hydrogen) atoms. The Balaban J connectivity index is 1.74. The van der Waals surface area contributed by atoms with Gasteiger partial charge >= 0.3 is 0 Å². The summed E-state index contributed by atoms with van der Waals surface area (Å²) in [6, 6.07) is 16.2. The highest BCUT2D eigenvalue weighted by atomic mass is 16.5. The molecule has 116 valence electrons. The van der Waals surface area contributed by atoms with Crippen molar-refractivity contribution in [2.75, 3.05) is 20.2 Å². The van der Waals surface area contributed by atoms with Gasteiger partial charge in [-0.25, -0.2) is 0 Å². The van der Waals surface area contributed by atoms with E-state index in [2.05, 4.69) is 23.5 Å². The van der Waals surface area contributed by atoms with Crippen LogP contribution in [0.4, 0.5) is 0 Å². The molecule has 2 aromatic rings. The molecule has 1 aliphatic heterocycles. The van der Waals surface area contributed by atoms with Crippen molar-refractivity contribution >= 4 is 0 Å². The summed E-state index contributed by atoms with van der Waals surface area (Å²) < 4.78 is 11.3. The zero-order valence-electron chi connectivity index (χ0n) is 12.7. The molecule has 2 aromatic carbocycles. The molecule has 2 atom stereocenters. The number of methoxy groups -OCH3 is 1. The van der Waals surface area contributed by atoms with Gasteiger partial charge in [-0.15, -0.1) is 0 Å². The van der Waals surface area contributed by atoms with Gasteiger partial charge in [0.2, 0.25) is 0 Å². The summed E-state index contributed by atoms with van der Waals surface area (Å²) in [5, 5.41) is 12.9. The van der Waals surface area contributed by atoms with Crippen molar-refractivity contribution in [2.24, 2.45) is 0 Å². The van der Waals surface area contributed by atoms with Gasteiger partial charge in [0.05, 0.1) is 25.9 Å². The first kappa shape index (κ1) is 15.0. The van der Waals surface area contributed by atoms with Crippen LogP contribution in [0.15, 0.2) is 48.5 Å². The second-order valence-electron chi connectivity index (χ2n) is 5.48. The minimum atomic E-state index is -0.425. The number of aliphatic hydroxyl groups excluding tert-OH is 1. The van der Waals surface area contributed by atoms with Crippen LogP contribution in [0, 0.1) is 0 Å². The fourth-order valence-electron chi connectivity index (χ4n) is 2.70. The monoisotopic (exact) mass is 299 g/mol. The third-order valence-corrected chi connectivity index (χ3v) is 3.94. The number of rotatable bonds is 5. The van der Waals surface area contributed by atoms with Crippen LogP contribution < -0.4 is 10.1 Å². The average molecular weight is 299 g/mol. The SMILES string of the molecule is COc1cc(CO[C@H]2CNC[C@@H]2O)ccc1-c1ccccc1. The molecule has 3 rings (SSSR count). The number of hydrogen-bond donors (Lipinski definition) is 2. The van der Waals surface area contributed by atoms with Crippen molar-refractivity contribution in [1.29, 1.82) is 0 Å². The van der Waals surface area contributed by atoms with Gasteiger partial charge in [0.1, 0.15) is 5.75 Å². The van der Waals surface area contributed by atoms with E-state index >= 15 is 0 Å². The number of nitrogens with one attached hydrogen (secondary N) is 1. The fourth-order valence-corrected chi connectivity index (χ4v) is 2.70. The molecule has 0 unspecified atom stereocenters. The Morgan fingerprint density at radius 1 is 1.14 bits per heavy atom. The van der Waals surface area contributed by atoms with Gasteiger partial charge in [-0.1, -0.05) is 42.5 Å². The Bertz CT molecular complexity index is 615. The van der Waals surface area contributed by atoms with Crippen LogP contribution in [0.5, 0.6) is 5.75 Å². The van der Waals surface area contributed by atoms with E-state index in [4.69, 9.17) is 9.47 Å². The lowest BCUT2D eigenvalue weighted by Crippen LogP contribution is -2.26. The van der Waals surface area contributed by atoms with Crippen molar-refractivity contribution in [1.82, 2.24) is 5.32 Å². The van der Waals surface area contributed by atoms with E-state index in [0.29, 0.717) is 19.7 Å².